The van der Waals surface area contributed by atoms with E-state index in [9.17, 15) is 14.7 Å². The molecule has 0 radical (unpaired) electrons. The quantitative estimate of drug-likeness (QED) is 0.807. The first-order valence-electron chi connectivity index (χ1n) is 6.48. The third-order valence-electron chi connectivity index (χ3n) is 2.77. The Morgan fingerprint density at radius 3 is 2.33 bits per heavy atom. The van der Waals surface area contributed by atoms with Crippen molar-refractivity contribution in [3.05, 3.63) is 54.1 Å². The van der Waals surface area contributed by atoms with Crippen LogP contribution in [0.3, 0.4) is 0 Å². The van der Waals surface area contributed by atoms with E-state index in [1.807, 2.05) is 0 Å². The van der Waals surface area contributed by atoms with Crippen LogP contribution in [0.2, 0.25) is 0 Å². The summed E-state index contributed by atoms with van der Waals surface area (Å²) >= 11 is 0. The number of amides is 2. The topological polar surface area (TPSA) is 78.4 Å². The Hall–Kier alpha value is -2.82. The Labute approximate surface area is 122 Å². The Morgan fingerprint density at radius 1 is 1.00 bits per heavy atom. The highest BCUT2D eigenvalue weighted by molar-refractivity contribution is 5.92. The molecule has 0 aliphatic carbocycles. The van der Waals surface area contributed by atoms with Crippen LogP contribution in [0.1, 0.15) is 12.5 Å². The molecule has 3 N–H and O–H groups in total. The first kappa shape index (κ1) is 14.6. The monoisotopic (exact) mass is 284 g/mol. The minimum absolute atomic E-state index is 0.104. The zero-order valence-corrected chi connectivity index (χ0v) is 11.6. The van der Waals surface area contributed by atoms with E-state index in [4.69, 9.17) is 0 Å². The number of aromatic hydroxyl groups is 1. The van der Waals surface area contributed by atoms with Gasteiger partial charge in [0.25, 0.3) is 0 Å². The molecule has 0 spiro atoms. The lowest BCUT2D eigenvalue weighted by Gasteiger charge is -2.07. The van der Waals surface area contributed by atoms with Crippen LogP contribution in [-0.2, 0) is 16.0 Å². The number of anilines is 2. The Kier molecular flexibility index (Phi) is 4.56. The molecule has 5 nitrogen and oxygen atoms in total. The fourth-order valence-corrected chi connectivity index (χ4v) is 1.88. The minimum Gasteiger partial charge on any atom is -0.508 e. The third kappa shape index (κ3) is 4.65. The molecule has 0 saturated carbocycles. The van der Waals surface area contributed by atoms with Crippen LogP contribution in [0.4, 0.5) is 11.4 Å². The maximum absolute atomic E-state index is 11.9. The van der Waals surface area contributed by atoms with E-state index in [0.717, 1.165) is 5.56 Å². The smallest absolute Gasteiger partial charge is 0.228 e. The summed E-state index contributed by atoms with van der Waals surface area (Å²) < 4.78 is 0. The maximum atomic E-state index is 11.9. The predicted octanol–water partition coefficient (Wildman–Crippen LogP) is 2.53. The zero-order chi connectivity index (χ0) is 15.2. The van der Waals surface area contributed by atoms with Gasteiger partial charge in [-0.3, -0.25) is 9.59 Å². The average molecular weight is 284 g/mol. The number of hydrogen-bond donors (Lipinski definition) is 3. The highest BCUT2D eigenvalue weighted by atomic mass is 16.3. The summed E-state index contributed by atoms with van der Waals surface area (Å²) in [5.41, 5.74) is 2.08. The summed E-state index contributed by atoms with van der Waals surface area (Å²) in [7, 11) is 0. The van der Waals surface area contributed by atoms with Gasteiger partial charge >= 0.3 is 0 Å². The molecule has 21 heavy (non-hydrogen) atoms. The van der Waals surface area contributed by atoms with Crippen LogP contribution in [-0.4, -0.2) is 16.9 Å². The van der Waals surface area contributed by atoms with Gasteiger partial charge in [0.05, 0.1) is 6.42 Å². The van der Waals surface area contributed by atoms with E-state index in [-0.39, 0.29) is 24.0 Å². The van der Waals surface area contributed by atoms with Crippen molar-refractivity contribution in [3.63, 3.8) is 0 Å². The number of benzene rings is 2. The molecule has 2 aromatic carbocycles. The van der Waals surface area contributed by atoms with Crippen molar-refractivity contribution >= 4 is 23.2 Å². The standard InChI is InChI=1S/C16H16N2O3/c1-11(19)17-13-7-5-12(6-8-13)9-16(21)18-14-3-2-4-15(20)10-14/h2-8,10,20H,9H2,1H3,(H,17,19)(H,18,21). The fourth-order valence-electron chi connectivity index (χ4n) is 1.88. The van der Waals surface area contributed by atoms with Gasteiger partial charge in [-0.1, -0.05) is 18.2 Å². The van der Waals surface area contributed by atoms with Gasteiger partial charge < -0.3 is 15.7 Å². The number of carbonyl (C=O) groups is 2. The van der Waals surface area contributed by atoms with Crippen molar-refractivity contribution < 1.29 is 14.7 Å². The van der Waals surface area contributed by atoms with Gasteiger partial charge in [-0.15, -0.1) is 0 Å². The van der Waals surface area contributed by atoms with Crippen molar-refractivity contribution in [1.29, 1.82) is 0 Å². The number of phenolic OH excluding ortho intramolecular Hbond substituents is 1. The summed E-state index contributed by atoms with van der Waals surface area (Å²) in [5, 5.41) is 14.7. The van der Waals surface area contributed by atoms with E-state index in [1.165, 1.54) is 19.1 Å². The van der Waals surface area contributed by atoms with Crippen LogP contribution >= 0.6 is 0 Å². The summed E-state index contributed by atoms with van der Waals surface area (Å²) in [4.78, 5) is 22.8. The summed E-state index contributed by atoms with van der Waals surface area (Å²) in [6, 6.07) is 13.5. The predicted molar refractivity (Wildman–Crippen MR) is 81.2 cm³/mol. The van der Waals surface area contributed by atoms with Crippen molar-refractivity contribution in [2.75, 3.05) is 10.6 Å². The maximum Gasteiger partial charge on any atom is 0.228 e. The van der Waals surface area contributed by atoms with E-state index >= 15 is 0 Å². The molecule has 0 aliphatic heterocycles. The molecule has 5 heteroatoms. The van der Waals surface area contributed by atoms with Crippen molar-refractivity contribution in [2.45, 2.75) is 13.3 Å². The van der Waals surface area contributed by atoms with E-state index < -0.39 is 0 Å². The van der Waals surface area contributed by atoms with Crippen molar-refractivity contribution in [3.8, 4) is 5.75 Å². The Balaban J connectivity index is 1.95. The molecule has 2 amide bonds. The molecule has 0 heterocycles. The van der Waals surface area contributed by atoms with Gasteiger partial charge in [0.15, 0.2) is 0 Å². The van der Waals surface area contributed by atoms with E-state index in [1.54, 1.807) is 36.4 Å². The number of nitrogens with one attached hydrogen (secondary N) is 2. The first-order valence-corrected chi connectivity index (χ1v) is 6.48. The van der Waals surface area contributed by atoms with E-state index in [2.05, 4.69) is 10.6 Å². The molecule has 0 bridgehead atoms. The highest BCUT2D eigenvalue weighted by Gasteiger charge is 2.05. The lowest BCUT2D eigenvalue weighted by Crippen LogP contribution is -2.14. The van der Waals surface area contributed by atoms with E-state index in [0.29, 0.717) is 11.4 Å². The lowest BCUT2D eigenvalue weighted by molar-refractivity contribution is -0.116. The molecule has 2 aromatic rings. The van der Waals surface area contributed by atoms with Gasteiger partial charge in [-0.2, -0.15) is 0 Å². The normalized spacial score (nSPS) is 9.95. The molecule has 0 atom stereocenters. The fraction of sp³-hybridized carbons (Fsp3) is 0.125. The second-order valence-electron chi connectivity index (χ2n) is 4.65. The lowest BCUT2D eigenvalue weighted by atomic mass is 10.1. The Bertz CT molecular complexity index is 651. The van der Waals surface area contributed by atoms with Gasteiger partial charge in [0.2, 0.25) is 11.8 Å². The average Bonchev–Trinajstić information content (AvgIpc) is 2.40. The second-order valence-corrected chi connectivity index (χ2v) is 4.65. The number of hydrogen-bond acceptors (Lipinski definition) is 3. The molecule has 0 unspecified atom stereocenters. The summed E-state index contributed by atoms with van der Waals surface area (Å²) in [6.45, 7) is 1.44. The molecule has 0 aromatic heterocycles. The minimum atomic E-state index is -0.173. The van der Waals surface area contributed by atoms with Gasteiger partial charge in [-0.05, 0) is 29.8 Å². The number of rotatable bonds is 4. The number of carbonyl (C=O) groups excluding carboxylic acids is 2. The van der Waals surface area contributed by atoms with Crippen LogP contribution in [0.5, 0.6) is 5.75 Å². The largest absolute Gasteiger partial charge is 0.508 e. The molecule has 0 fully saturated rings. The van der Waals surface area contributed by atoms with Crippen LogP contribution in [0, 0.1) is 0 Å². The molecular weight excluding hydrogens is 268 g/mol. The Morgan fingerprint density at radius 2 is 1.71 bits per heavy atom. The first-order chi connectivity index (χ1) is 10.0. The van der Waals surface area contributed by atoms with Gasteiger partial charge in [0.1, 0.15) is 5.75 Å². The molecule has 0 aliphatic rings. The number of phenols is 1. The molecule has 108 valence electrons. The summed E-state index contributed by atoms with van der Waals surface area (Å²) in [6.07, 6.45) is 0.218. The van der Waals surface area contributed by atoms with Crippen LogP contribution in [0.25, 0.3) is 0 Å². The molecule has 2 rings (SSSR count). The second kappa shape index (κ2) is 6.56. The van der Waals surface area contributed by atoms with Crippen molar-refractivity contribution in [2.24, 2.45) is 0 Å². The van der Waals surface area contributed by atoms with Crippen LogP contribution in [0.15, 0.2) is 48.5 Å². The van der Waals surface area contributed by atoms with Gasteiger partial charge in [0, 0.05) is 24.4 Å². The SMILES string of the molecule is CC(=O)Nc1ccc(CC(=O)Nc2cccc(O)c2)cc1. The molecule has 0 saturated heterocycles. The van der Waals surface area contributed by atoms with Crippen molar-refractivity contribution in [1.82, 2.24) is 0 Å². The van der Waals surface area contributed by atoms with Crippen LogP contribution < -0.4 is 10.6 Å². The highest BCUT2D eigenvalue weighted by Crippen LogP contribution is 2.16. The van der Waals surface area contributed by atoms with Gasteiger partial charge in [-0.25, -0.2) is 0 Å². The third-order valence-corrected chi connectivity index (χ3v) is 2.77. The zero-order valence-electron chi connectivity index (χ0n) is 11.6. The summed E-state index contributed by atoms with van der Waals surface area (Å²) in [5.74, 6) is -0.204. The molecular formula is C16H16N2O3.